The van der Waals surface area contributed by atoms with Crippen molar-refractivity contribution in [3.8, 4) is 11.5 Å². The van der Waals surface area contributed by atoms with E-state index in [1.165, 1.54) is 26.4 Å². The number of nitrogens with zero attached hydrogens (tertiary/aromatic N) is 3. The summed E-state index contributed by atoms with van der Waals surface area (Å²) in [6.07, 6.45) is 0. The average molecular weight is 486 g/mol. The third-order valence-corrected chi connectivity index (χ3v) is 6.61. The van der Waals surface area contributed by atoms with Crippen LogP contribution in [0.3, 0.4) is 0 Å². The van der Waals surface area contributed by atoms with Crippen molar-refractivity contribution in [2.75, 3.05) is 55.5 Å². The number of aryl methyl sites for hydroxylation is 1. The molecular formula is C23H27N5O5S. The molecule has 10 nitrogen and oxygen atoms in total. The van der Waals surface area contributed by atoms with Gasteiger partial charge in [-0.15, -0.1) is 0 Å². The molecule has 2 N–H and O–H groups in total. The van der Waals surface area contributed by atoms with E-state index in [1.54, 1.807) is 30.3 Å². The largest absolute Gasteiger partial charge is 0.493 e. The normalized spacial score (nSPS) is 13.9. The van der Waals surface area contributed by atoms with Crippen LogP contribution >= 0.6 is 0 Å². The number of methoxy groups -OCH3 is 2. The first-order valence-corrected chi connectivity index (χ1v) is 12.2. The molecule has 1 aliphatic rings. The lowest BCUT2D eigenvalue weighted by molar-refractivity contribution is 0.122. The minimum atomic E-state index is -3.81. The molecule has 0 bridgehead atoms. The smallest absolute Gasteiger partial charge is 0.262 e. The zero-order valence-corrected chi connectivity index (χ0v) is 20.1. The molecule has 1 saturated heterocycles. The minimum Gasteiger partial charge on any atom is -0.493 e. The molecule has 0 radical (unpaired) electrons. The van der Waals surface area contributed by atoms with Gasteiger partial charge in [0.1, 0.15) is 5.82 Å². The van der Waals surface area contributed by atoms with E-state index in [0.717, 1.165) is 30.3 Å². The quantitative estimate of drug-likeness (QED) is 0.496. The third-order valence-electron chi connectivity index (χ3n) is 5.23. The topological polar surface area (TPSA) is 115 Å². The number of nitrogens with one attached hydrogen (secondary N) is 2. The Morgan fingerprint density at radius 3 is 2.26 bits per heavy atom. The highest BCUT2D eigenvalue weighted by atomic mass is 32.2. The van der Waals surface area contributed by atoms with Crippen molar-refractivity contribution < 1.29 is 22.6 Å². The number of hydrogen-bond donors (Lipinski definition) is 2. The molecule has 0 spiro atoms. The van der Waals surface area contributed by atoms with Gasteiger partial charge in [0.25, 0.3) is 10.0 Å². The van der Waals surface area contributed by atoms with Crippen LogP contribution in [0.2, 0.25) is 0 Å². The number of hydrogen-bond acceptors (Lipinski definition) is 9. The summed E-state index contributed by atoms with van der Waals surface area (Å²) in [5, 5.41) is 3.19. The van der Waals surface area contributed by atoms with Crippen LogP contribution in [-0.2, 0) is 14.8 Å². The second kappa shape index (κ2) is 10.1. The van der Waals surface area contributed by atoms with Crippen LogP contribution in [0.15, 0.2) is 53.4 Å². The molecule has 0 unspecified atom stereocenters. The maximum absolute atomic E-state index is 12.8. The van der Waals surface area contributed by atoms with Crippen molar-refractivity contribution in [2.45, 2.75) is 11.8 Å². The molecule has 3 aromatic rings. The molecule has 11 heteroatoms. The van der Waals surface area contributed by atoms with E-state index in [-0.39, 0.29) is 4.90 Å². The Morgan fingerprint density at radius 1 is 0.912 bits per heavy atom. The van der Waals surface area contributed by atoms with Crippen molar-refractivity contribution >= 4 is 33.2 Å². The summed E-state index contributed by atoms with van der Waals surface area (Å²) in [5.74, 6) is 2.10. The van der Waals surface area contributed by atoms with Gasteiger partial charge in [0.05, 0.1) is 32.3 Å². The van der Waals surface area contributed by atoms with Crippen molar-refractivity contribution in [3.05, 3.63) is 54.2 Å². The van der Waals surface area contributed by atoms with Crippen molar-refractivity contribution in [3.63, 3.8) is 0 Å². The Labute approximate surface area is 198 Å². The molecule has 34 heavy (non-hydrogen) atoms. The minimum absolute atomic E-state index is 0.0659. The van der Waals surface area contributed by atoms with Gasteiger partial charge in [-0.3, -0.25) is 4.72 Å². The van der Waals surface area contributed by atoms with Gasteiger partial charge in [-0.25, -0.2) is 13.4 Å². The Balaban J connectivity index is 1.47. The molecule has 2 heterocycles. The molecule has 0 amide bonds. The predicted octanol–water partition coefficient (Wildman–Crippen LogP) is 3.18. The third kappa shape index (κ3) is 5.49. The highest BCUT2D eigenvalue weighted by molar-refractivity contribution is 7.92. The average Bonchev–Trinajstić information content (AvgIpc) is 2.85. The van der Waals surface area contributed by atoms with Crippen LogP contribution in [-0.4, -0.2) is 58.9 Å². The fourth-order valence-electron chi connectivity index (χ4n) is 3.51. The SMILES string of the molecule is COc1ccc(S(=O)(=O)Nc2ccc(Nc3nc(C)cc(N4CCOCC4)n3)cc2)cc1OC. The summed E-state index contributed by atoms with van der Waals surface area (Å²) >= 11 is 0. The summed E-state index contributed by atoms with van der Waals surface area (Å²) in [5.41, 5.74) is 1.99. The van der Waals surface area contributed by atoms with Crippen LogP contribution in [0.25, 0.3) is 0 Å². The standard InChI is InChI=1S/C23H27N5O5S/c1-16-14-22(28-10-12-33-13-11-28)26-23(24-16)25-17-4-6-18(7-5-17)27-34(29,30)19-8-9-20(31-2)21(15-19)32-3/h4-9,14-15,27H,10-13H2,1-3H3,(H,24,25,26). The number of rotatable bonds is 8. The van der Waals surface area contributed by atoms with Gasteiger partial charge >= 0.3 is 0 Å². The van der Waals surface area contributed by atoms with Crippen LogP contribution in [0.4, 0.5) is 23.1 Å². The Hall–Kier alpha value is -3.57. The summed E-state index contributed by atoms with van der Waals surface area (Å²) in [6.45, 7) is 4.83. The molecule has 1 fully saturated rings. The Morgan fingerprint density at radius 2 is 1.59 bits per heavy atom. The van der Waals surface area contributed by atoms with Crippen molar-refractivity contribution in [1.29, 1.82) is 0 Å². The van der Waals surface area contributed by atoms with E-state index in [1.807, 2.05) is 13.0 Å². The van der Waals surface area contributed by atoms with Crippen LogP contribution < -0.4 is 24.4 Å². The van der Waals surface area contributed by atoms with Crippen molar-refractivity contribution in [1.82, 2.24) is 9.97 Å². The Kier molecular flexibility index (Phi) is 7.03. The summed E-state index contributed by atoms with van der Waals surface area (Å²) in [7, 11) is -0.868. The molecule has 180 valence electrons. The first kappa shape index (κ1) is 23.6. The lowest BCUT2D eigenvalue weighted by Gasteiger charge is -2.28. The molecule has 2 aromatic carbocycles. The molecule has 0 saturated carbocycles. The predicted molar refractivity (Wildman–Crippen MR) is 130 cm³/mol. The van der Waals surface area contributed by atoms with Crippen LogP contribution in [0.1, 0.15) is 5.69 Å². The van der Waals surface area contributed by atoms with Gasteiger partial charge in [0.15, 0.2) is 11.5 Å². The van der Waals surface area contributed by atoms with E-state index < -0.39 is 10.0 Å². The molecule has 4 rings (SSSR count). The maximum atomic E-state index is 12.8. The van der Waals surface area contributed by atoms with Crippen LogP contribution in [0.5, 0.6) is 11.5 Å². The lowest BCUT2D eigenvalue weighted by atomic mass is 10.3. The van der Waals surface area contributed by atoms with E-state index in [9.17, 15) is 8.42 Å². The molecule has 1 aromatic heterocycles. The summed E-state index contributed by atoms with van der Waals surface area (Å²) in [6, 6.07) is 13.2. The van der Waals surface area contributed by atoms with Crippen molar-refractivity contribution in [2.24, 2.45) is 0 Å². The van der Waals surface area contributed by atoms with E-state index in [0.29, 0.717) is 36.3 Å². The zero-order chi connectivity index (χ0) is 24.1. The van der Waals surface area contributed by atoms with Gasteiger partial charge in [-0.05, 0) is 43.3 Å². The monoisotopic (exact) mass is 485 g/mol. The number of anilines is 4. The number of benzene rings is 2. The summed E-state index contributed by atoms with van der Waals surface area (Å²) < 4.78 is 44.0. The molecule has 0 aliphatic carbocycles. The fourth-order valence-corrected chi connectivity index (χ4v) is 4.58. The highest BCUT2D eigenvalue weighted by Crippen LogP contribution is 2.30. The first-order valence-electron chi connectivity index (χ1n) is 10.7. The maximum Gasteiger partial charge on any atom is 0.262 e. The first-order chi connectivity index (χ1) is 16.4. The highest BCUT2D eigenvalue weighted by Gasteiger charge is 2.18. The van der Waals surface area contributed by atoms with Gasteiger partial charge in [0.2, 0.25) is 5.95 Å². The number of aromatic nitrogens is 2. The second-order valence-corrected chi connectivity index (χ2v) is 9.30. The van der Waals surface area contributed by atoms with E-state index >= 15 is 0 Å². The fraction of sp³-hybridized carbons (Fsp3) is 0.304. The van der Waals surface area contributed by atoms with Gasteiger partial charge in [0, 0.05) is 42.3 Å². The number of sulfonamides is 1. The lowest BCUT2D eigenvalue weighted by Crippen LogP contribution is -2.36. The number of ether oxygens (including phenoxy) is 3. The molecular weight excluding hydrogens is 458 g/mol. The Bertz CT molecular complexity index is 1250. The van der Waals surface area contributed by atoms with Crippen LogP contribution in [0, 0.1) is 6.92 Å². The van der Waals surface area contributed by atoms with E-state index in [2.05, 4.69) is 24.9 Å². The van der Waals surface area contributed by atoms with Gasteiger partial charge < -0.3 is 24.4 Å². The summed E-state index contributed by atoms with van der Waals surface area (Å²) in [4.78, 5) is 11.3. The molecule has 0 atom stereocenters. The molecule has 1 aliphatic heterocycles. The zero-order valence-electron chi connectivity index (χ0n) is 19.2. The van der Waals surface area contributed by atoms with Gasteiger partial charge in [-0.2, -0.15) is 4.98 Å². The number of morpholine rings is 1. The van der Waals surface area contributed by atoms with Gasteiger partial charge in [-0.1, -0.05) is 0 Å². The van der Waals surface area contributed by atoms with E-state index in [4.69, 9.17) is 14.2 Å². The second-order valence-electron chi connectivity index (χ2n) is 7.62.